The second-order valence-electron chi connectivity index (χ2n) is 20.5. The average molecular weight is 953 g/mol. The molecule has 2 bridgehead atoms. The second kappa shape index (κ2) is 21.8. The second-order valence-corrected chi connectivity index (χ2v) is 20.5. The van der Waals surface area contributed by atoms with Gasteiger partial charge in [0.15, 0.2) is 12.2 Å². The van der Waals surface area contributed by atoms with E-state index in [9.17, 15) is 24.9 Å². The zero-order valence-electron chi connectivity index (χ0n) is 40.8. The fourth-order valence-electron chi connectivity index (χ4n) is 12.4. The first-order valence-corrected chi connectivity index (χ1v) is 25.5. The normalized spacial score (nSPS) is 25.5. The predicted octanol–water partition coefficient (Wildman–Crippen LogP) is 10.2. The van der Waals surface area contributed by atoms with Gasteiger partial charge in [-0.1, -0.05) is 98.1 Å². The molecule has 11 heteroatoms. The molecule has 370 valence electrons. The van der Waals surface area contributed by atoms with E-state index in [1.165, 1.54) is 23.8 Å². The third-order valence-corrected chi connectivity index (χ3v) is 16.2. The van der Waals surface area contributed by atoms with E-state index in [2.05, 4.69) is 72.8 Å². The van der Waals surface area contributed by atoms with E-state index in [1.807, 2.05) is 13.0 Å². The van der Waals surface area contributed by atoms with Gasteiger partial charge in [0.05, 0.1) is 25.4 Å². The third-order valence-electron chi connectivity index (χ3n) is 16.2. The maximum atomic E-state index is 15.2. The number of fused-ring (bicyclic) bond motifs is 11. The molecular formula is C59H68O11. The summed E-state index contributed by atoms with van der Waals surface area (Å²) in [4.78, 5) is 44.5. The van der Waals surface area contributed by atoms with Crippen molar-refractivity contribution in [3.8, 4) is 5.75 Å². The molecule has 7 atom stereocenters. The Balaban J connectivity index is 1.18. The van der Waals surface area contributed by atoms with Crippen LogP contribution in [0.5, 0.6) is 5.75 Å². The molecule has 2 saturated carbocycles. The van der Waals surface area contributed by atoms with Crippen LogP contribution in [0, 0.1) is 11.8 Å². The van der Waals surface area contributed by atoms with Crippen molar-refractivity contribution in [3.63, 3.8) is 0 Å². The largest absolute Gasteiger partial charge is 0.483 e. The van der Waals surface area contributed by atoms with Crippen molar-refractivity contribution in [1.29, 1.82) is 0 Å². The van der Waals surface area contributed by atoms with Crippen LogP contribution >= 0.6 is 0 Å². The molecule has 0 spiro atoms. The van der Waals surface area contributed by atoms with Crippen LogP contribution in [0.1, 0.15) is 153 Å². The van der Waals surface area contributed by atoms with Crippen molar-refractivity contribution >= 4 is 22.9 Å². The smallest absolute Gasteiger partial charge is 0.340 e. The average Bonchev–Trinajstić information content (AvgIpc) is 3.37. The molecular weight excluding hydrogens is 885 g/mol. The fourth-order valence-corrected chi connectivity index (χ4v) is 12.4. The number of aliphatic hydroxyl groups excluding tert-OH is 3. The lowest BCUT2D eigenvalue weighted by Crippen LogP contribution is -2.58. The molecule has 1 aromatic heterocycles. The molecule has 0 radical (unpaired) electrons. The lowest BCUT2D eigenvalue weighted by atomic mass is 9.68. The van der Waals surface area contributed by atoms with Crippen molar-refractivity contribution in [2.45, 2.75) is 139 Å². The van der Waals surface area contributed by atoms with Gasteiger partial charge in [0.25, 0.3) is 0 Å². The topological polar surface area (TPSA) is 162 Å². The Hall–Kier alpha value is -5.59. The maximum Gasteiger partial charge on any atom is 0.340 e. The van der Waals surface area contributed by atoms with Gasteiger partial charge >= 0.3 is 17.6 Å². The van der Waals surface area contributed by atoms with Crippen LogP contribution in [-0.2, 0) is 43.2 Å². The van der Waals surface area contributed by atoms with E-state index in [-0.39, 0.29) is 73.0 Å². The predicted molar refractivity (Wildman–Crippen MR) is 267 cm³/mol. The Morgan fingerprint density at radius 3 is 2.33 bits per heavy atom. The van der Waals surface area contributed by atoms with Gasteiger partial charge < -0.3 is 38.7 Å². The minimum atomic E-state index is -1.29. The van der Waals surface area contributed by atoms with Gasteiger partial charge in [0.1, 0.15) is 16.9 Å². The summed E-state index contributed by atoms with van der Waals surface area (Å²) in [6.07, 6.45) is 6.53. The molecule has 2 fully saturated rings. The van der Waals surface area contributed by atoms with Crippen LogP contribution in [-0.4, -0.2) is 65.9 Å². The van der Waals surface area contributed by atoms with Gasteiger partial charge in [-0.15, -0.1) is 0 Å². The number of hydrogen-bond acceptors (Lipinski definition) is 11. The van der Waals surface area contributed by atoms with Crippen LogP contribution in [0.15, 0.2) is 111 Å². The maximum absolute atomic E-state index is 15.2. The SMILES string of the molecule is COCC(CCO)c1c(CO)c2ccc3c(c2oc1=O)C1OC(=O)CC2CC(c4cccc(Cc5ccccc5)c4)CCC2c2ccc(cc2)CCC(=C(C)CO)C(=O)OC1C(C)(C1CCCCC1)O3. The highest BCUT2D eigenvalue weighted by Crippen LogP contribution is 2.53. The molecule has 70 heavy (non-hydrogen) atoms. The number of aliphatic hydroxyl groups is 3. The zero-order valence-corrected chi connectivity index (χ0v) is 40.8. The van der Waals surface area contributed by atoms with Crippen molar-refractivity contribution in [2.24, 2.45) is 11.8 Å². The van der Waals surface area contributed by atoms with E-state index in [1.54, 1.807) is 19.1 Å². The van der Waals surface area contributed by atoms with Crippen molar-refractivity contribution in [3.05, 3.63) is 157 Å². The first-order valence-electron chi connectivity index (χ1n) is 25.5. The molecule has 2 aliphatic carbocycles. The highest BCUT2D eigenvalue weighted by molar-refractivity contribution is 5.90. The number of aryl methyl sites for hydroxylation is 1. The number of methoxy groups -OCH3 is 1. The summed E-state index contributed by atoms with van der Waals surface area (Å²) in [5.41, 5.74) is 5.61. The Bertz CT molecular complexity index is 2730. The quantitative estimate of drug-likeness (QED) is 0.0656. The molecule has 4 aromatic carbocycles. The molecule has 4 heterocycles. The van der Waals surface area contributed by atoms with Gasteiger partial charge in [0, 0.05) is 48.5 Å². The Morgan fingerprint density at radius 2 is 1.60 bits per heavy atom. The molecule has 11 nitrogen and oxygen atoms in total. The highest BCUT2D eigenvalue weighted by atomic mass is 16.6. The summed E-state index contributed by atoms with van der Waals surface area (Å²) in [6, 6.07) is 31.4. The van der Waals surface area contributed by atoms with Crippen LogP contribution in [0.4, 0.5) is 0 Å². The monoisotopic (exact) mass is 952 g/mol. The molecule has 0 amide bonds. The number of rotatable bonds is 11. The summed E-state index contributed by atoms with van der Waals surface area (Å²) in [5, 5.41) is 31.9. The van der Waals surface area contributed by atoms with Crippen LogP contribution in [0.3, 0.4) is 0 Å². The van der Waals surface area contributed by atoms with E-state index in [0.717, 1.165) is 68.9 Å². The molecule has 10 rings (SSSR count). The van der Waals surface area contributed by atoms with Crippen LogP contribution < -0.4 is 10.4 Å². The highest BCUT2D eigenvalue weighted by Gasteiger charge is 2.57. The van der Waals surface area contributed by atoms with Gasteiger partial charge in [0.2, 0.25) is 0 Å². The Kier molecular flexibility index (Phi) is 15.4. The summed E-state index contributed by atoms with van der Waals surface area (Å²) in [5.74, 6) is -1.31. The Labute approximate surface area is 410 Å². The van der Waals surface area contributed by atoms with E-state index >= 15 is 4.79 Å². The number of hydrogen-bond donors (Lipinski definition) is 3. The van der Waals surface area contributed by atoms with Gasteiger partial charge in [-0.25, -0.2) is 9.59 Å². The first kappa shape index (κ1) is 49.4. The van der Waals surface area contributed by atoms with Crippen molar-refractivity contribution < 1.29 is 48.3 Å². The summed E-state index contributed by atoms with van der Waals surface area (Å²) in [6.45, 7) is 2.66. The van der Waals surface area contributed by atoms with E-state index < -0.39 is 47.9 Å². The van der Waals surface area contributed by atoms with Gasteiger partial charge in [-0.2, -0.15) is 0 Å². The van der Waals surface area contributed by atoms with Gasteiger partial charge in [-0.3, -0.25) is 4.79 Å². The number of ether oxygens (including phenoxy) is 4. The molecule has 3 N–H and O–H groups in total. The minimum absolute atomic E-state index is 0.0576. The van der Waals surface area contributed by atoms with Crippen LogP contribution in [0.25, 0.3) is 11.0 Å². The van der Waals surface area contributed by atoms with Crippen molar-refractivity contribution in [2.75, 3.05) is 26.9 Å². The molecule has 7 unspecified atom stereocenters. The number of benzene rings is 4. The molecule has 5 aromatic rings. The molecule has 5 aliphatic rings. The Morgan fingerprint density at radius 1 is 0.829 bits per heavy atom. The molecule has 3 aliphatic heterocycles. The standard InChI is InChI=1S/C59H68O11/c1-36(33-61)46-23-19-37-17-20-40(21-18-37)47-24-22-42(41-14-10-13-39(30-41)29-38-11-6-4-7-12-38)31-44(47)32-51(63)67-55-53-50(70-59(2,56(55)69-57(46)64)45-15-8-5-9-16-45)26-25-48-49(34-62)52(58(65)68-54(48)53)43(27-28-60)35-66-3/h4,6-7,10-14,17-18,20-21,25-26,30,42-45,47,55-56,60-62H,5,8-9,15-16,19,22-24,27-29,31-35H2,1-3H3. The van der Waals surface area contributed by atoms with E-state index in [0.29, 0.717) is 40.7 Å². The van der Waals surface area contributed by atoms with E-state index in [4.69, 9.17) is 23.4 Å². The summed E-state index contributed by atoms with van der Waals surface area (Å²) in [7, 11) is 1.51. The minimum Gasteiger partial charge on any atom is -0.483 e. The molecule has 0 saturated heterocycles. The summed E-state index contributed by atoms with van der Waals surface area (Å²) >= 11 is 0. The van der Waals surface area contributed by atoms with Crippen molar-refractivity contribution in [1.82, 2.24) is 0 Å². The number of esters is 2. The lowest BCUT2D eigenvalue weighted by molar-refractivity contribution is -0.201. The lowest BCUT2D eigenvalue weighted by Gasteiger charge is -2.50. The first-order chi connectivity index (χ1) is 34.0. The van der Waals surface area contributed by atoms with Gasteiger partial charge in [-0.05, 0) is 140 Å². The van der Waals surface area contributed by atoms with Crippen LogP contribution in [0.2, 0.25) is 0 Å². The number of carbonyl (C=O) groups excluding carboxylic acids is 2. The fraction of sp³-hybridized carbons (Fsp3) is 0.475. The number of carbonyl (C=O) groups is 2. The third kappa shape index (κ3) is 10.1. The zero-order chi connectivity index (χ0) is 48.9. The summed E-state index contributed by atoms with van der Waals surface area (Å²) < 4.78 is 32.5.